The summed E-state index contributed by atoms with van der Waals surface area (Å²) < 4.78 is 7.36. The highest BCUT2D eigenvalue weighted by molar-refractivity contribution is 7.14. The van der Waals surface area contributed by atoms with E-state index in [4.69, 9.17) is 4.74 Å². The van der Waals surface area contributed by atoms with Crippen LogP contribution < -0.4 is 10.1 Å². The van der Waals surface area contributed by atoms with Crippen molar-refractivity contribution in [2.24, 2.45) is 0 Å². The zero-order valence-electron chi connectivity index (χ0n) is 11.5. The van der Waals surface area contributed by atoms with Crippen LogP contribution in [-0.2, 0) is 13.0 Å². The van der Waals surface area contributed by atoms with Crippen LogP contribution in [0.3, 0.4) is 0 Å². The van der Waals surface area contributed by atoms with Gasteiger partial charge in [0.25, 0.3) is 5.91 Å². The lowest BCUT2D eigenvalue weighted by molar-refractivity contribution is 0.0929. The summed E-state index contributed by atoms with van der Waals surface area (Å²) in [6.45, 7) is 2.76. The summed E-state index contributed by atoms with van der Waals surface area (Å²) in [5, 5.41) is 3.10. The highest BCUT2D eigenvalue weighted by Gasteiger charge is 2.23. The van der Waals surface area contributed by atoms with Crippen molar-refractivity contribution in [3.63, 3.8) is 0 Å². The van der Waals surface area contributed by atoms with Gasteiger partial charge in [0.05, 0.1) is 7.11 Å². The fourth-order valence-electron chi connectivity index (χ4n) is 2.54. The van der Waals surface area contributed by atoms with Gasteiger partial charge in [-0.1, -0.05) is 0 Å². The zero-order chi connectivity index (χ0) is 14.1. The molecule has 0 fully saturated rings. The van der Waals surface area contributed by atoms with Crippen LogP contribution in [0.4, 0.5) is 0 Å². The van der Waals surface area contributed by atoms with E-state index in [0.717, 1.165) is 30.1 Å². The SMILES string of the molecule is COc1cc(C)sc1C(=O)NC1CCc2nccn2C1. The Balaban J connectivity index is 1.71. The number of methoxy groups -OCH3 is 1. The number of imidazole rings is 1. The molecule has 0 saturated carbocycles. The summed E-state index contributed by atoms with van der Waals surface area (Å²) in [6.07, 6.45) is 5.60. The topological polar surface area (TPSA) is 56.1 Å². The molecule has 1 N–H and O–H groups in total. The Labute approximate surface area is 121 Å². The molecule has 3 heterocycles. The molecule has 20 heavy (non-hydrogen) atoms. The van der Waals surface area contributed by atoms with Crippen molar-refractivity contribution >= 4 is 17.2 Å². The molecule has 0 bridgehead atoms. The van der Waals surface area contributed by atoms with Gasteiger partial charge in [0.15, 0.2) is 0 Å². The van der Waals surface area contributed by atoms with Gasteiger partial charge in [-0.05, 0) is 19.4 Å². The predicted molar refractivity (Wildman–Crippen MR) is 77.4 cm³/mol. The predicted octanol–water partition coefficient (Wildman–Crippen LogP) is 2.01. The van der Waals surface area contributed by atoms with E-state index in [1.54, 1.807) is 7.11 Å². The summed E-state index contributed by atoms with van der Waals surface area (Å²) in [6, 6.07) is 2.05. The Hall–Kier alpha value is -1.82. The molecule has 0 saturated heterocycles. The Bertz CT molecular complexity index is 632. The Morgan fingerprint density at radius 3 is 3.25 bits per heavy atom. The lowest BCUT2D eigenvalue weighted by atomic mass is 10.1. The average molecular weight is 291 g/mol. The zero-order valence-corrected chi connectivity index (χ0v) is 12.4. The van der Waals surface area contributed by atoms with Crippen LogP contribution in [0.25, 0.3) is 0 Å². The standard InChI is InChI=1S/C14H17N3O2S/c1-9-7-11(19-2)13(20-9)14(18)16-10-3-4-12-15-5-6-17(12)8-10/h5-7,10H,3-4,8H2,1-2H3,(H,16,18). The summed E-state index contributed by atoms with van der Waals surface area (Å²) >= 11 is 1.47. The van der Waals surface area contributed by atoms with Crippen molar-refractivity contribution in [2.75, 3.05) is 7.11 Å². The number of rotatable bonds is 3. The lowest BCUT2D eigenvalue weighted by Crippen LogP contribution is -2.40. The highest BCUT2D eigenvalue weighted by atomic mass is 32.1. The molecule has 6 heteroatoms. The monoisotopic (exact) mass is 291 g/mol. The molecule has 0 spiro atoms. The van der Waals surface area contributed by atoms with E-state index in [0.29, 0.717) is 10.6 Å². The quantitative estimate of drug-likeness (QED) is 0.941. The Kier molecular flexibility index (Phi) is 3.48. The maximum Gasteiger partial charge on any atom is 0.265 e. The number of carbonyl (C=O) groups excluding carboxylic acids is 1. The third-order valence-corrected chi connectivity index (χ3v) is 4.55. The minimum Gasteiger partial charge on any atom is -0.495 e. The molecule has 106 valence electrons. The van der Waals surface area contributed by atoms with Gasteiger partial charge >= 0.3 is 0 Å². The number of carbonyl (C=O) groups is 1. The van der Waals surface area contributed by atoms with Crippen molar-refractivity contribution in [3.05, 3.63) is 34.0 Å². The van der Waals surface area contributed by atoms with Gasteiger partial charge in [0, 0.05) is 36.3 Å². The number of aromatic nitrogens is 2. The summed E-state index contributed by atoms with van der Waals surface area (Å²) in [7, 11) is 1.59. The Morgan fingerprint density at radius 1 is 1.60 bits per heavy atom. The molecule has 2 aromatic rings. The van der Waals surface area contributed by atoms with Crippen LogP contribution in [-0.4, -0.2) is 28.6 Å². The second-order valence-electron chi connectivity index (χ2n) is 4.96. The number of ether oxygens (including phenoxy) is 1. The smallest absolute Gasteiger partial charge is 0.265 e. The molecular formula is C14H17N3O2S. The molecule has 1 atom stereocenters. The third-order valence-electron chi connectivity index (χ3n) is 3.52. The van der Waals surface area contributed by atoms with Crippen molar-refractivity contribution in [2.45, 2.75) is 32.4 Å². The first-order valence-corrected chi connectivity index (χ1v) is 7.44. The van der Waals surface area contributed by atoms with Gasteiger partial charge in [-0.2, -0.15) is 0 Å². The van der Waals surface area contributed by atoms with Crippen molar-refractivity contribution in [1.82, 2.24) is 14.9 Å². The molecule has 3 rings (SSSR count). The van der Waals surface area contributed by atoms with Crippen molar-refractivity contribution in [1.29, 1.82) is 0 Å². The van der Waals surface area contributed by atoms with Gasteiger partial charge in [0.1, 0.15) is 16.5 Å². The second kappa shape index (κ2) is 5.28. The summed E-state index contributed by atoms with van der Waals surface area (Å²) in [5.41, 5.74) is 0. The number of thiophene rings is 1. The molecule has 0 aliphatic carbocycles. The number of hydrogen-bond donors (Lipinski definition) is 1. The van der Waals surface area contributed by atoms with Crippen LogP contribution in [0.15, 0.2) is 18.5 Å². The van der Waals surface area contributed by atoms with E-state index in [1.807, 2.05) is 25.4 Å². The lowest BCUT2D eigenvalue weighted by Gasteiger charge is -2.24. The van der Waals surface area contributed by atoms with E-state index >= 15 is 0 Å². The fourth-order valence-corrected chi connectivity index (χ4v) is 3.42. The van der Waals surface area contributed by atoms with Gasteiger partial charge < -0.3 is 14.6 Å². The number of amides is 1. The number of hydrogen-bond acceptors (Lipinski definition) is 4. The molecule has 0 radical (unpaired) electrons. The number of nitrogens with zero attached hydrogens (tertiary/aromatic N) is 2. The molecule has 1 aliphatic rings. The summed E-state index contributed by atoms with van der Waals surface area (Å²) in [4.78, 5) is 18.4. The molecule has 2 aromatic heterocycles. The van der Waals surface area contributed by atoms with Crippen molar-refractivity contribution < 1.29 is 9.53 Å². The second-order valence-corrected chi connectivity index (χ2v) is 6.22. The maximum atomic E-state index is 12.4. The van der Waals surface area contributed by atoms with E-state index in [1.165, 1.54) is 11.3 Å². The fraction of sp³-hybridized carbons (Fsp3) is 0.429. The summed E-state index contributed by atoms with van der Waals surface area (Å²) in [5.74, 6) is 1.71. The highest BCUT2D eigenvalue weighted by Crippen LogP contribution is 2.28. The van der Waals surface area contributed by atoms with Crippen LogP contribution in [0.2, 0.25) is 0 Å². The number of nitrogens with one attached hydrogen (secondary N) is 1. The molecule has 5 nitrogen and oxygen atoms in total. The van der Waals surface area contributed by atoms with E-state index in [2.05, 4.69) is 14.9 Å². The molecule has 1 aliphatic heterocycles. The van der Waals surface area contributed by atoms with E-state index in [9.17, 15) is 4.79 Å². The minimum atomic E-state index is -0.0477. The third kappa shape index (κ3) is 2.43. The van der Waals surface area contributed by atoms with Crippen molar-refractivity contribution in [3.8, 4) is 5.75 Å². The minimum absolute atomic E-state index is 0.0477. The van der Waals surface area contributed by atoms with E-state index < -0.39 is 0 Å². The van der Waals surface area contributed by atoms with Gasteiger partial charge in [-0.3, -0.25) is 4.79 Å². The average Bonchev–Trinajstić information content (AvgIpc) is 3.03. The molecule has 0 aromatic carbocycles. The number of fused-ring (bicyclic) bond motifs is 1. The van der Waals surface area contributed by atoms with Crippen LogP contribution in [0, 0.1) is 6.92 Å². The molecule has 1 unspecified atom stereocenters. The first-order chi connectivity index (χ1) is 9.67. The van der Waals surface area contributed by atoms with Crippen LogP contribution >= 0.6 is 11.3 Å². The normalized spacial score (nSPS) is 17.6. The van der Waals surface area contributed by atoms with Gasteiger partial charge in [0.2, 0.25) is 0 Å². The number of aryl methyl sites for hydroxylation is 2. The molecular weight excluding hydrogens is 274 g/mol. The molecule has 1 amide bonds. The largest absolute Gasteiger partial charge is 0.495 e. The van der Waals surface area contributed by atoms with Crippen LogP contribution in [0.1, 0.15) is 26.8 Å². The Morgan fingerprint density at radius 2 is 2.45 bits per heavy atom. The first kappa shape index (κ1) is 13.2. The van der Waals surface area contributed by atoms with Gasteiger partial charge in [-0.25, -0.2) is 4.98 Å². The maximum absolute atomic E-state index is 12.4. The van der Waals surface area contributed by atoms with Crippen LogP contribution in [0.5, 0.6) is 5.75 Å². The van der Waals surface area contributed by atoms with E-state index in [-0.39, 0.29) is 11.9 Å². The first-order valence-electron chi connectivity index (χ1n) is 6.62. The van der Waals surface area contributed by atoms with Gasteiger partial charge in [-0.15, -0.1) is 11.3 Å².